The molecule has 0 unspecified atom stereocenters. The third-order valence-electron chi connectivity index (χ3n) is 6.80. The Kier molecular flexibility index (Phi) is 4.18. The van der Waals surface area contributed by atoms with Gasteiger partial charge < -0.3 is 19.7 Å². The fourth-order valence-electron chi connectivity index (χ4n) is 5.22. The Hall–Kier alpha value is -2.37. The van der Waals surface area contributed by atoms with Crippen molar-refractivity contribution in [2.75, 3.05) is 13.1 Å². The van der Waals surface area contributed by atoms with Gasteiger partial charge in [-0.15, -0.1) is 0 Å². The zero-order chi connectivity index (χ0) is 19.4. The Labute approximate surface area is 164 Å². The third kappa shape index (κ3) is 2.81. The van der Waals surface area contributed by atoms with Gasteiger partial charge in [-0.3, -0.25) is 4.79 Å². The first kappa shape index (κ1) is 17.7. The van der Waals surface area contributed by atoms with Crippen molar-refractivity contribution in [1.29, 1.82) is 0 Å². The zero-order valence-corrected chi connectivity index (χ0v) is 16.1. The van der Waals surface area contributed by atoms with Gasteiger partial charge in [-0.05, 0) is 48.4 Å². The monoisotopic (exact) mass is 378 g/mol. The van der Waals surface area contributed by atoms with Gasteiger partial charge in [-0.1, -0.05) is 24.3 Å². The summed E-state index contributed by atoms with van der Waals surface area (Å²) in [5, 5.41) is 22.2. The molecule has 1 aliphatic carbocycles. The van der Waals surface area contributed by atoms with Crippen molar-refractivity contribution >= 4 is 27.7 Å². The lowest BCUT2D eigenvalue weighted by Gasteiger charge is -2.31. The summed E-state index contributed by atoms with van der Waals surface area (Å²) in [4.78, 5) is 14.8. The first-order valence-electron chi connectivity index (χ1n) is 10.1. The molecule has 1 saturated heterocycles. The standard InChI is InChI=1S/C23H26N2O3/c1-24-19-5-3-2-4-17(19)18-8-14(6-7-20(18)24)9-23(28)25-12-15-10-21(26)22(27)11-16(15)13-25/h2-8,15-16,21-22,26-27H,9-13H2,1H3/t15-,16+,21-,22-/m0/s1. The minimum absolute atomic E-state index is 0.137. The Balaban J connectivity index is 1.37. The molecule has 2 heterocycles. The van der Waals surface area contributed by atoms with Crippen LogP contribution in [0.1, 0.15) is 18.4 Å². The molecule has 0 spiro atoms. The maximum Gasteiger partial charge on any atom is 0.227 e. The minimum Gasteiger partial charge on any atom is -0.390 e. The summed E-state index contributed by atoms with van der Waals surface area (Å²) in [6.07, 6.45) is 0.286. The van der Waals surface area contributed by atoms with Crippen LogP contribution in [0, 0.1) is 11.8 Å². The van der Waals surface area contributed by atoms with E-state index in [9.17, 15) is 15.0 Å². The molecule has 4 atom stereocenters. The second kappa shape index (κ2) is 6.61. The highest BCUT2D eigenvalue weighted by atomic mass is 16.3. The van der Waals surface area contributed by atoms with Crippen LogP contribution in [0.5, 0.6) is 0 Å². The fraction of sp³-hybridized carbons (Fsp3) is 0.435. The summed E-state index contributed by atoms with van der Waals surface area (Å²) in [5.41, 5.74) is 3.40. The molecule has 2 aromatic carbocycles. The molecule has 1 amide bonds. The van der Waals surface area contributed by atoms with Crippen molar-refractivity contribution in [2.45, 2.75) is 31.5 Å². The summed E-state index contributed by atoms with van der Waals surface area (Å²) in [7, 11) is 2.07. The highest BCUT2D eigenvalue weighted by Crippen LogP contribution is 2.37. The van der Waals surface area contributed by atoms with Crippen molar-refractivity contribution < 1.29 is 15.0 Å². The normalized spacial score (nSPS) is 27.5. The largest absolute Gasteiger partial charge is 0.390 e. The number of fused-ring (bicyclic) bond motifs is 4. The Morgan fingerprint density at radius 2 is 1.61 bits per heavy atom. The van der Waals surface area contributed by atoms with E-state index in [4.69, 9.17) is 0 Å². The molecule has 28 heavy (non-hydrogen) atoms. The van der Waals surface area contributed by atoms with Crippen LogP contribution in [0.25, 0.3) is 21.8 Å². The number of aromatic nitrogens is 1. The summed E-state index contributed by atoms with van der Waals surface area (Å²) >= 11 is 0. The van der Waals surface area contributed by atoms with Crippen LogP contribution in [-0.4, -0.2) is 50.9 Å². The molecule has 2 aliphatic rings. The van der Waals surface area contributed by atoms with Gasteiger partial charge in [0.2, 0.25) is 5.91 Å². The summed E-state index contributed by atoms with van der Waals surface area (Å²) in [6, 6.07) is 14.6. The SMILES string of the molecule is Cn1c2ccccc2c2cc(CC(=O)N3C[C@H]4C[C@H](O)[C@@H](O)C[C@H]4C3)ccc21. The van der Waals surface area contributed by atoms with Crippen molar-refractivity contribution in [2.24, 2.45) is 18.9 Å². The van der Waals surface area contributed by atoms with E-state index in [0.717, 1.165) is 5.56 Å². The molecular weight excluding hydrogens is 352 g/mol. The molecule has 2 fully saturated rings. The smallest absolute Gasteiger partial charge is 0.227 e. The lowest BCUT2D eigenvalue weighted by atomic mass is 9.79. The van der Waals surface area contributed by atoms with E-state index >= 15 is 0 Å². The van der Waals surface area contributed by atoms with E-state index in [2.05, 4.69) is 48.0 Å². The number of benzene rings is 2. The molecule has 2 N–H and O–H groups in total. The number of aliphatic hydroxyl groups excluding tert-OH is 2. The number of hydrogen-bond donors (Lipinski definition) is 2. The van der Waals surface area contributed by atoms with Crippen LogP contribution in [0.15, 0.2) is 42.5 Å². The first-order valence-corrected chi connectivity index (χ1v) is 10.1. The molecule has 5 heteroatoms. The van der Waals surface area contributed by atoms with Gasteiger partial charge in [-0.2, -0.15) is 0 Å². The Morgan fingerprint density at radius 3 is 2.32 bits per heavy atom. The zero-order valence-electron chi connectivity index (χ0n) is 16.1. The van der Waals surface area contributed by atoms with Crippen LogP contribution in [0.4, 0.5) is 0 Å². The molecule has 146 valence electrons. The van der Waals surface area contributed by atoms with E-state index in [-0.39, 0.29) is 5.91 Å². The maximum atomic E-state index is 12.9. The van der Waals surface area contributed by atoms with Gasteiger partial charge >= 0.3 is 0 Å². The van der Waals surface area contributed by atoms with Gasteiger partial charge in [0.15, 0.2) is 0 Å². The number of likely N-dealkylation sites (tertiary alicyclic amines) is 1. The molecule has 0 bridgehead atoms. The average Bonchev–Trinajstić information content (AvgIpc) is 3.22. The van der Waals surface area contributed by atoms with Gasteiger partial charge in [0, 0.05) is 41.9 Å². The van der Waals surface area contributed by atoms with Gasteiger partial charge in [0.05, 0.1) is 18.6 Å². The van der Waals surface area contributed by atoms with E-state index in [1.54, 1.807) is 0 Å². The summed E-state index contributed by atoms with van der Waals surface area (Å²) < 4.78 is 2.19. The number of aliphatic hydroxyl groups is 2. The van der Waals surface area contributed by atoms with Crippen molar-refractivity contribution in [1.82, 2.24) is 9.47 Å². The second-order valence-corrected chi connectivity index (χ2v) is 8.53. The average molecular weight is 378 g/mol. The number of rotatable bonds is 2. The summed E-state index contributed by atoms with van der Waals surface area (Å²) in [6.45, 7) is 1.40. The maximum absolute atomic E-state index is 12.9. The molecule has 1 saturated carbocycles. The van der Waals surface area contributed by atoms with Crippen LogP contribution < -0.4 is 0 Å². The van der Waals surface area contributed by atoms with E-state index in [0.29, 0.717) is 44.2 Å². The van der Waals surface area contributed by atoms with E-state index in [1.807, 2.05) is 11.0 Å². The molecule has 1 aromatic heterocycles. The summed E-state index contributed by atoms with van der Waals surface area (Å²) in [5.74, 6) is 0.753. The molecule has 5 nitrogen and oxygen atoms in total. The molecule has 3 aromatic rings. The van der Waals surface area contributed by atoms with Gasteiger partial charge in [0.1, 0.15) is 0 Å². The van der Waals surface area contributed by atoms with Crippen molar-refractivity contribution in [3.05, 3.63) is 48.0 Å². The molecule has 1 aliphatic heterocycles. The molecule has 0 radical (unpaired) electrons. The predicted molar refractivity (Wildman–Crippen MR) is 109 cm³/mol. The van der Waals surface area contributed by atoms with Crippen molar-refractivity contribution in [3.63, 3.8) is 0 Å². The highest BCUT2D eigenvalue weighted by Gasteiger charge is 2.42. The minimum atomic E-state index is -0.648. The number of carbonyl (C=O) groups excluding carboxylic acids is 1. The number of nitrogens with zero attached hydrogens (tertiary/aromatic N) is 2. The van der Waals surface area contributed by atoms with E-state index < -0.39 is 12.2 Å². The quantitative estimate of drug-likeness (QED) is 0.720. The third-order valence-corrected chi connectivity index (χ3v) is 6.80. The Morgan fingerprint density at radius 1 is 0.964 bits per heavy atom. The van der Waals surface area contributed by atoms with Crippen LogP contribution >= 0.6 is 0 Å². The molecule has 5 rings (SSSR count). The molecular formula is C23H26N2O3. The predicted octanol–water partition coefficient (Wildman–Crippen LogP) is 2.46. The number of hydrogen-bond acceptors (Lipinski definition) is 3. The van der Waals surface area contributed by atoms with Gasteiger partial charge in [-0.25, -0.2) is 0 Å². The topological polar surface area (TPSA) is 65.7 Å². The van der Waals surface area contributed by atoms with Crippen molar-refractivity contribution in [3.8, 4) is 0 Å². The Bertz CT molecular complexity index is 1040. The van der Waals surface area contributed by atoms with Crippen LogP contribution in [-0.2, 0) is 18.3 Å². The van der Waals surface area contributed by atoms with Gasteiger partial charge in [0.25, 0.3) is 0 Å². The highest BCUT2D eigenvalue weighted by molar-refractivity contribution is 6.08. The number of carbonyl (C=O) groups is 1. The first-order chi connectivity index (χ1) is 13.5. The van der Waals surface area contributed by atoms with Crippen LogP contribution in [0.2, 0.25) is 0 Å². The number of aryl methyl sites for hydroxylation is 1. The number of para-hydroxylation sites is 1. The lowest BCUT2D eigenvalue weighted by molar-refractivity contribution is -0.129. The fourth-order valence-corrected chi connectivity index (χ4v) is 5.22. The van der Waals surface area contributed by atoms with E-state index in [1.165, 1.54) is 21.8 Å². The number of amides is 1. The second-order valence-electron chi connectivity index (χ2n) is 8.53. The van der Waals surface area contributed by atoms with Crippen LogP contribution in [0.3, 0.4) is 0 Å². The lowest BCUT2D eigenvalue weighted by Crippen LogP contribution is -2.38.